The van der Waals surface area contributed by atoms with E-state index in [1.165, 1.54) is 0 Å². The largest absolute Gasteiger partial charge is 0.484 e. The molecule has 2 N–H and O–H groups in total. The van der Waals surface area contributed by atoms with Crippen LogP contribution in [-0.2, 0) is 9.59 Å². The molecule has 2 aromatic carbocycles. The molecule has 0 unspecified atom stereocenters. The third kappa shape index (κ3) is 7.63. The number of rotatable bonds is 8. The van der Waals surface area contributed by atoms with Gasteiger partial charge < -0.3 is 15.4 Å². The van der Waals surface area contributed by atoms with Crippen molar-refractivity contribution in [1.29, 1.82) is 0 Å². The van der Waals surface area contributed by atoms with Crippen LogP contribution in [0, 0.1) is 0 Å². The molecule has 0 saturated heterocycles. The second-order valence-electron chi connectivity index (χ2n) is 7.03. The van der Waals surface area contributed by atoms with E-state index in [1.807, 2.05) is 30.3 Å². The first-order valence-corrected chi connectivity index (χ1v) is 11.1. The van der Waals surface area contributed by atoms with Crippen LogP contribution in [0.4, 0.5) is 0 Å². The van der Waals surface area contributed by atoms with Crippen LogP contribution in [0.2, 0.25) is 5.02 Å². The molecule has 154 valence electrons. The van der Waals surface area contributed by atoms with Crippen molar-refractivity contribution in [2.24, 2.45) is 0 Å². The Labute approximate surface area is 180 Å². The first kappa shape index (κ1) is 21.5. The van der Waals surface area contributed by atoms with Crippen LogP contribution >= 0.6 is 23.4 Å². The second-order valence-corrected chi connectivity index (χ2v) is 8.51. The van der Waals surface area contributed by atoms with Crippen molar-refractivity contribution in [3.05, 3.63) is 59.6 Å². The number of nitrogens with one attached hydrogen (secondary N) is 2. The van der Waals surface area contributed by atoms with Crippen molar-refractivity contribution < 1.29 is 14.3 Å². The van der Waals surface area contributed by atoms with Gasteiger partial charge in [-0.1, -0.05) is 29.8 Å². The summed E-state index contributed by atoms with van der Waals surface area (Å²) in [5, 5.41) is 6.75. The van der Waals surface area contributed by atoms with Crippen molar-refractivity contribution in [2.75, 3.05) is 12.4 Å². The Morgan fingerprint density at radius 3 is 2.10 bits per heavy atom. The molecule has 3 rings (SSSR count). The number of hydrogen-bond donors (Lipinski definition) is 2. The number of carbonyl (C=O) groups excluding carboxylic acids is 2. The molecule has 1 aliphatic rings. The summed E-state index contributed by atoms with van der Waals surface area (Å²) >= 11 is 7.37. The van der Waals surface area contributed by atoms with Gasteiger partial charge in [-0.05, 0) is 62.1 Å². The molecule has 0 atom stereocenters. The summed E-state index contributed by atoms with van der Waals surface area (Å²) in [6.45, 7) is -0.0188. The maximum atomic E-state index is 12.2. The van der Waals surface area contributed by atoms with Gasteiger partial charge in [0, 0.05) is 22.0 Å². The SMILES string of the molecule is O=C(COc1ccc(Cl)cc1)N[C@H]1CC[C@H](NC(=O)CSc2ccccc2)CC1. The summed E-state index contributed by atoms with van der Waals surface area (Å²) in [6, 6.07) is 17.1. The van der Waals surface area contributed by atoms with E-state index in [9.17, 15) is 9.59 Å². The van der Waals surface area contributed by atoms with Gasteiger partial charge in [-0.2, -0.15) is 0 Å². The van der Waals surface area contributed by atoms with Gasteiger partial charge >= 0.3 is 0 Å². The lowest BCUT2D eigenvalue weighted by atomic mass is 9.91. The Bertz CT molecular complexity index is 793. The topological polar surface area (TPSA) is 67.4 Å². The zero-order valence-electron chi connectivity index (χ0n) is 16.1. The highest BCUT2D eigenvalue weighted by molar-refractivity contribution is 8.00. The third-order valence-corrected chi connectivity index (χ3v) is 6.02. The lowest BCUT2D eigenvalue weighted by Gasteiger charge is -2.29. The molecule has 0 heterocycles. The maximum Gasteiger partial charge on any atom is 0.258 e. The molecule has 0 aliphatic heterocycles. The molecule has 0 radical (unpaired) electrons. The van der Waals surface area contributed by atoms with E-state index < -0.39 is 0 Å². The number of hydrogen-bond acceptors (Lipinski definition) is 4. The van der Waals surface area contributed by atoms with Gasteiger partial charge in [0.25, 0.3) is 5.91 Å². The van der Waals surface area contributed by atoms with Crippen LogP contribution in [0.5, 0.6) is 5.75 Å². The normalized spacial score (nSPS) is 18.7. The standard InChI is InChI=1S/C22H25ClN2O3S/c23-16-6-12-19(13-7-16)28-14-21(26)24-17-8-10-18(11-9-17)25-22(27)15-29-20-4-2-1-3-5-20/h1-7,12-13,17-18H,8-11,14-15H2,(H,24,26)(H,25,27)/t17-,18-. The average Bonchev–Trinajstić information content (AvgIpc) is 2.74. The lowest BCUT2D eigenvalue weighted by Crippen LogP contribution is -2.45. The smallest absolute Gasteiger partial charge is 0.258 e. The first-order chi connectivity index (χ1) is 14.1. The van der Waals surface area contributed by atoms with Crippen molar-refractivity contribution in [2.45, 2.75) is 42.7 Å². The molecule has 0 spiro atoms. The highest BCUT2D eigenvalue weighted by Crippen LogP contribution is 2.20. The highest BCUT2D eigenvalue weighted by atomic mass is 35.5. The molecule has 5 nitrogen and oxygen atoms in total. The minimum Gasteiger partial charge on any atom is -0.484 e. The van der Waals surface area contributed by atoms with Gasteiger partial charge in [0.05, 0.1) is 5.75 Å². The first-order valence-electron chi connectivity index (χ1n) is 9.73. The zero-order valence-corrected chi connectivity index (χ0v) is 17.7. The minimum atomic E-state index is -0.133. The molecular weight excluding hydrogens is 408 g/mol. The van der Waals surface area contributed by atoms with Crippen molar-refractivity contribution >= 4 is 35.2 Å². The summed E-state index contributed by atoms with van der Waals surface area (Å²) in [4.78, 5) is 25.3. The predicted octanol–water partition coefficient (Wildman–Crippen LogP) is 4.05. The average molecular weight is 433 g/mol. The van der Waals surface area contributed by atoms with Crippen LogP contribution in [-0.4, -0.2) is 36.3 Å². The molecule has 29 heavy (non-hydrogen) atoms. The Morgan fingerprint density at radius 1 is 0.897 bits per heavy atom. The van der Waals surface area contributed by atoms with E-state index >= 15 is 0 Å². The van der Waals surface area contributed by atoms with E-state index in [1.54, 1.807) is 36.0 Å². The van der Waals surface area contributed by atoms with Crippen molar-refractivity contribution in [1.82, 2.24) is 10.6 Å². The molecule has 1 saturated carbocycles. The Morgan fingerprint density at radius 2 is 1.48 bits per heavy atom. The van der Waals surface area contributed by atoms with Crippen LogP contribution < -0.4 is 15.4 Å². The van der Waals surface area contributed by atoms with E-state index in [0.717, 1.165) is 30.6 Å². The summed E-state index contributed by atoms with van der Waals surface area (Å²) in [6.07, 6.45) is 3.43. The third-order valence-electron chi connectivity index (χ3n) is 4.75. The predicted molar refractivity (Wildman–Crippen MR) is 116 cm³/mol. The molecule has 7 heteroatoms. The molecule has 2 amide bonds. The van der Waals surface area contributed by atoms with Crippen LogP contribution in [0.3, 0.4) is 0 Å². The molecule has 0 aromatic heterocycles. The zero-order chi connectivity index (χ0) is 20.5. The van der Waals surface area contributed by atoms with Gasteiger partial charge in [0.2, 0.25) is 5.91 Å². The van der Waals surface area contributed by atoms with Crippen LogP contribution in [0.15, 0.2) is 59.5 Å². The molecule has 2 aromatic rings. The number of amides is 2. The van der Waals surface area contributed by atoms with Crippen molar-refractivity contribution in [3.8, 4) is 5.75 Å². The fraction of sp³-hybridized carbons (Fsp3) is 0.364. The summed E-state index contributed by atoms with van der Waals surface area (Å²) < 4.78 is 5.47. The Hall–Kier alpha value is -2.18. The number of thioether (sulfide) groups is 1. The number of halogens is 1. The number of benzene rings is 2. The minimum absolute atomic E-state index is 0.0188. The summed E-state index contributed by atoms with van der Waals surface area (Å²) in [5.74, 6) is 0.960. The number of ether oxygens (including phenoxy) is 1. The molecule has 1 aliphatic carbocycles. The lowest BCUT2D eigenvalue weighted by molar-refractivity contribution is -0.124. The Balaban J connectivity index is 1.30. The fourth-order valence-electron chi connectivity index (χ4n) is 3.27. The van der Waals surface area contributed by atoms with Gasteiger partial charge in [-0.25, -0.2) is 0 Å². The summed E-state index contributed by atoms with van der Waals surface area (Å²) in [5.41, 5.74) is 0. The van der Waals surface area contributed by atoms with E-state index in [-0.39, 0.29) is 30.5 Å². The van der Waals surface area contributed by atoms with Gasteiger partial charge in [0.15, 0.2) is 6.61 Å². The van der Waals surface area contributed by atoms with Crippen LogP contribution in [0.1, 0.15) is 25.7 Å². The molecule has 0 bridgehead atoms. The van der Waals surface area contributed by atoms with Gasteiger partial charge in [0.1, 0.15) is 5.75 Å². The molecule has 1 fully saturated rings. The van der Waals surface area contributed by atoms with Crippen LogP contribution in [0.25, 0.3) is 0 Å². The van der Waals surface area contributed by atoms with E-state index in [0.29, 0.717) is 16.5 Å². The van der Waals surface area contributed by atoms with E-state index in [4.69, 9.17) is 16.3 Å². The molecular formula is C22H25ClN2O3S. The Kier molecular flexibility index (Phi) is 8.25. The quantitative estimate of drug-likeness (QED) is 0.617. The van der Waals surface area contributed by atoms with Gasteiger partial charge in [-0.3, -0.25) is 9.59 Å². The number of carbonyl (C=O) groups is 2. The van der Waals surface area contributed by atoms with E-state index in [2.05, 4.69) is 10.6 Å². The van der Waals surface area contributed by atoms with Crippen molar-refractivity contribution in [3.63, 3.8) is 0 Å². The fourth-order valence-corrected chi connectivity index (χ4v) is 4.12. The van der Waals surface area contributed by atoms with Gasteiger partial charge in [-0.15, -0.1) is 11.8 Å². The monoisotopic (exact) mass is 432 g/mol. The summed E-state index contributed by atoms with van der Waals surface area (Å²) in [7, 11) is 0. The highest BCUT2D eigenvalue weighted by Gasteiger charge is 2.23. The maximum absolute atomic E-state index is 12.2. The second kappa shape index (κ2) is 11.1.